The normalized spacial score (nSPS) is 12.1. The van der Waals surface area contributed by atoms with Crippen LogP contribution in [0.15, 0.2) is 18.2 Å². The standard InChI is InChI=1S/C12H17N3O2S2/c1-9-4-5-11-10(8-9)14-12(18)15(11)7-3-6-13-19(2,16)17/h4-5,8,13H,3,6-7H2,1-2H3,(H,14,18). The third-order valence-corrected chi connectivity index (χ3v) is 3.90. The van der Waals surface area contributed by atoms with Gasteiger partial charge in [-0.05, 0) is 43.3 Å². The number of aromatic amines is 1. The molecule has 0 aliphatic heterocycles. The summed E-state index contributed by atoms with van der Waals surface area (Å²) in [5.74, 6) is 0. The molecule has 0 amide bonds. The molecule has 1 heterocycles. The number of nitrogens with one attached hydrogen (secondary N) is 2. The number of nitrogens with zero attached hydrogens (tertiary/aromatic N) is 1. The molecule has 2 N–H and O–H groups in total. The van der Waals surface area contributed by atoms with Crippen molar-refractivity contribution in [2.75, 3.05) is 12.8 Å². The summed E-state index contributed by atoms with van der Waals surface area (Å²) in [7, 11) is -3.12. The van der Waals surface area contributed by atoms with Gasteiger partial charge in [-0.25, -0.2) is 13.1 Å². The second kappa shape index (κ2) is 5.44. The summed E-state index contributed by atoms with van der Waals surface area (Å²) in [6.45, 7) is 3.13. The largest absolute Gasteiger partial charge is 0.331 e. The van der Waals surface area contributed by atoms with E-state index in [-0.39, 0.29) is 0 Å². The molecule has 2 rings (SSSR count). The van der Waals surface area contributed by atoms with Crippen LogP contribution in [-0.2, 0) is 16.6 Å². The highest BCUT2D eigenvalue weighted by Gasteiger charge is 2.05. The minimum atomic E-state index is -3.12. The molecule has 0 atom stereocenters. The van der Waals surface area contributed by atoms with Gasteiger partial charge in [0.05, 0.1) is 17.3 Å². The van der Waals surface area contributed by atoms with E-state index in [1.54, 1.807) is 0 Å². The first kappa shape index (κ1) is 14.2. The van der Waals surface area contributed by atoms with E-state index in [1.807, 2.05) is 23.6 Å². The second-order valence-corrected chi connectivity index (χ2v) is 6.84. The first-order chi connectivity index (χ1) is 8.87. The quantitative estimate of drug-likeness (QED) is 0.655. The van der Waals surface area contributed by atoms with Crippen LogP contribution < -0.4 is 4.72 Å². The van der Waals surface area contributed by atoms with Crippen molar-refractivity contribution in [3.05, 3.63) is 28.5 Å². The maximum Gasteiger partial charge on any atom is 0.208 e. The van der Waals surface area contributed by atoms with Crippen molar-refractivity contribution in [3.63, 3.8) is 0 Å². The minimum Gasteiger partial charge on any atom is -0.331 e. The molecule has 0 saturated heterocycles. The Hall–Kier alpha value is -1.18. The predicted octanol–water partition coefficient (Wildman–Crippen LogP) is 1.95. The lowest BCUT2D eigenvalue weighted by molar-refractivity contribution is 0.576. The Morgan fingerprint density at radius 1 is 1.42 bits per heavy atom. The molecule has 0 radical (unpaired) electrons. The van der Waals surface area contributed by atoms with E-state index in [9.17, 15) is 8.42 Å². The SMILES string of the molecule is Cc1ccc2c(c1)[nH]c(=S)n2CCCNS(C)(=O)=O. The highest BCUT2D eigenvalue weighted by atomic mass is 32.2. The zero-order chi connectivity index (χ0) is 14.0. The summed E-state index contributed by atoms with van der Waals surface area (Å²) in [5.41, 5.74) is 3.24. The van der Waals surface area contributed by atoms with Gasteiger partial charge in [0.2, 0.25) is 10.0 Å². The van der Waals surface area contributed by atoms with E-state index in [2.05, 4.69) is 15.8 Å². The lowest BCUT2D eigenvalue weighted by Gasteiger charge is -2.05. The van der Waals surface area contributed by atoms with Gasteiger partial charge in [-0.2, -0.15) is 0 Å². The zero-order valence-corrected chi connectivity index (χ0v) is 12.6. The number of rotatable bonds is 5. The Balaban J connectivity index is 2.13. The van der Waals surface area contributed by atoms with Gasteiger partial charge in [-0.1, -0.05) is 6.07 Å². The van der Waals surface area contributed by atoms with Crippen molar-refractivity contribution in [1.82, 2.24) is 14.3 Å². The number of H-pyrrole nitrogens is 1. The first-order valence-corrected chi connectivity index (χ1v) is 8.30. The number of imidazole rings is 1. The van der Waals surface area contributed by atoms with Crippen molar-refractivity contribution >= 4 is 33.3 Å². The highest BCUT2D eigenvalue weighted by molar-refractivity contribution is 7.88. The van der Waals surface area contributed by atoms with Crippen molar-refractivity contribution < 1.29 is 8.42 Å². The molecule has 0 fully saturated rings. The van der Waals surface area contributed by atoms with Crippen molar-refractivity contribution in [1.29, 1.82) is 0 Å². The van der Waals surface area contributed by atoms with Gasteiger partial charge in [0.25, 0.3) is 0 Å². The van der Waals surface area contributed by atoms with Crippen LogP contribution >= 0.6 is 12.2 Å². The molecule has 1 aromatic carbocycles. The molecule has 1 aromatic heterocycles. The number of hydrogen-bond donors (Lipinski definition) is 2. The van der Waals surface area contributed by atoms with E-state index in [0.717, 1.165) is 17.3 Å². The predicted molar refractivity (Wildman–Crippen MR) is 79.3 cm³/mol. The molecule has 0 bridgehead atoms. The van der Waals surface area contributed by atoms with E-state index >= 15 is 0 Å². The molecule has 5 nitrogen and oxygen atoms in total. The lowest BCUT2D eigenvalue weighted by Crippen LogP contribution is -2.23. The van der Waals surface area contributed by atoms with Crippen LogP contribution in [0.1, 0.15) is 12.0 Å². The number of sulfonamides is 1. The third kappa shape index (κ3) is 3.65. The molecule has 19 heavy (non-hydrogen) atoms. The number of hydrogen-bond acceptors (Lipinski definition) is 3. The molecule has 0 unspecified atom stereocenters. The topological polar surface area (TPSA) is 66.9 Å². The molecule has 0 spiro atoms. The number of fused-ring (bicyclic) bond motifs is 1. The molecule has 0 saturated carbocycles. The second-order valence-electron chi connectivity index (χ2n) is 4.62. The first-order valence-electron chi connectivity index (χ1n) is 6.00. The average Bonchev–Trinajstić information content (AvgIpc) is 2.58. The molecular formula is C12H17N3O2S2. The number of aromatic nitrogens is 2. The minimum absolute atomic E-state index is 0.416. The van der Waals surface area contributed by atoms with E-state index in [1.165, 1.54) is 5.56 Å². The summed E-state index contributed by atoms with van der Waals surface area (Å²) in [6, 6.07) is 6.12. The Morgan fingerprint density at radius 2 is 2.16 bits per heavy atom. The third-order valence-electron chi connectivity index (χ3n) is 2.85. The van der Waals surface area contributed by atoms with Crippen molar-refractivity contribution in [3.8, 4) is 0 Å². The molecule has 7 heteroatoms. The summed E-state index contributed by atoms with van der Waals surface area (Å²) < 4.78 is 27.1. The number of aryl methyl sites for hydroxylation is 2. The molecule has 0 aliphatic carbocycles. The van der Waals surface area contributed by atoms with Crippen LogP contribution in [0.4, 0.5) is 0 Å². The van der Waals surface area contributed by atoms with Crippen LogP contribution in [0.2, 0.25) is 0 Å². The van der Waals surface area contributed by atoms with Crippen LogP contribution in [0, 0.1) is 11.7 Å². The van der Waals surface area contributed by atoms with E-state index in [4.69, 9.17) is 12.2 Å². The average molecular weight is 299 g/mol. The molecule has 0 aliphatic rings. The molecule has 2 aromatic rings. The van der Waals surface area contributed by atoms with Crippen LogP contribution in [0.25, 0.3) is 11.0 Å². The number of benzene rings is 1. The van der Waals surface area contributed by atoms with Crippen molar-refractivity contribution in [2.45, 2.75) is 19.9 Å². The lowest BCUT2D eigenvalue weighted by atomic mass is 10.2. The van der Waals surface area contributed by atoms with Crippen LogP contribution in [0.3, 0.4) is 0 Å². The summed E-state index contributed by atoms with van der Waals surface area (Å²) in [4.78, 5) is 3.16. The Kier molecular flexibility index (Phi) is 4.07. The fourth-order valence-electron chi connectivity index (χ4n) is 1.99. The van der Waals surface area contributed by atoms with Crippen LogP contribution in [0.5, 0.6) is 0 Å². The Bertz CT molecular complexity index is 744. The Morgan fingerprint density at radius 3 is 2.84 bits per heavy atom. The summed E-state index contributed by atoms with van der Waals surface area (Å²) >= 11 is 5.29. The molecular weight excluding hydrogens is 282 g/mol. The fraction of sp³-hybridized carbons (Fsp3) is 0.417. The van der Waals surface area contributed by atoms with Gasteiger partial charge in [0, 0.05) is 13.1 Å². The van der Waals surface area contributed by atoms with Crippen molar-refractivity contribution in [2.24, 2.45) is 0 Å². The smallest absolute Gasteiger partial charge is 0.208 e. The van der Waals surface area contributed by atoms with Gasteiger partial charge in [-0.15, -0.1) is 0 Å². The van der Waals surface area contributed by atoms with Gasteiger partial charge in [-0.3, -0.25) is 0 Å². The monoisotopic (exact) mass is 299 g/mol. The summed E-state index contributed by atoms with van der Waals surface area (Å²) in [6.07, 6.45) is 1.86. The summed E-state index contributed by atoms with van der Waals surface area (Å²) in [5, 5.41) is 0. The van der Waals surface area contributed by atoms with Gasteiger partial charge < -0.3 is 9.55 Å². The van der Waals surface area contributed by atoms with Crippen LogP contribution in [-0.4, -0.2) is 30.8 Å². The highest BCUT2D eigenvalue weighted by Crippen LogP contribution is 2.16. The van der Waals surface area contributed by atoms with Gasteiger partial charge in [0.1, 0.15) is 0 Å². The maximum absolute atomic E-state index is 11.0. The van der Waals surface area contributed by atoms with E-state index < -0.39 is 10.0 Å². The Labute approximate surface area is 117 Å². The van der Waals surface area contributed by atoms with Gasteiger partial charge >= 0.3 is 0 Å². The molecule has 104 valence electrons. The maximum atomic E-state index is 11.0. The fourth-order valence-corrected chi connectivity index (χ4v) is 2.81. The van der Waals surface area contributed by atoms with E-state index in [0.29, 0.717) is 24.3 Å². The van der Waals surface area contributed by atoms with Gasteiger partial charge in [0.15, 0.2) is 4.77 Å². The zero-order valence-electron chi connectivity index (χ0n) is 10.9.